The molecular weight excluding hydrogens is 204 g/mol. The third kappa shape index (κ3) is 4.49. The van der Waals surface area contributed by atoms with E-state index in [1.807, 2.05) is 18.7 Å². The molecule has 0 saturated heterocycles. The number of nitrogens with zero attached hydrogens (tertiary/aromatic N) is 1. The molecule has 0 aromatic carbocycles. The Bertz CT molecular complexity index is 217. The van der Waals surface area contributed by atoms with Gasteiger partial charge in [-0.1, -0.05) is 6.92 Å². The van der Waals surface area contributed by atoms with Crippen LogP contribution in [0.2, 0.25) is 0 Å². The Balaban J connectivity index is 2.09. The Morgan fingerprint density at radius 3 is 2.69 bits per heavy atom. The zero-order chi connectivity index (χ0) is 12.0. The van der Waals surface area contributed by atoms with Crippen LogP contribution in [-0.2, 0) is 4.79 Å². The zero-order valence-corrected chi connectivity index (χ0v) is 10.4. The highest BCUT2D eigenvalue weighted by Gasteiger charge is 2.30. The topological polar surface area (TPSA) is 52.6 Å². The Morgan fingerprint density at radius 1 is 1.50 bits per heavy atom. The summed E-state index contributed by atoms with van der Waals surface area (Å²) in [5.74, 6) is 0.191. The molecule has 1 aliphatic carbocycles. The van der Waals surface area contributed by atoms with E-state index >= 15 is 0 Å². The monoisotopic (exact) mass is 228 g/mol. The summed E-state index contributed by atoms with van der Waals surface area (Å²) in [5, 5.41) is 12.4. The number of aliphatic hydroxyl groups is 1. The van der Waals surface area contributed by atoms with E-state index in [0.29, 0.717) is 19.1 Å². The highest BCUT2D eigenvalue weighted by atomic mass is 16.3. The Hall–Kier alpha value is -0.610. The fraction of sp³-hybridized carbons (Fsp3) is 0.917. The molecule has 94 valence electrons. The van der Waals surface area contributed by atoms with Gasteiger partial charge in [-0.15, -0.1) is 0 Å². The number of rotatable bonds is 8. The van der Waals surface area contributed by atoms with Crippen LogP contribution in [-0.4, -0.2) is 47.7 Å². The van der Waals surface area contributed by atoms with Crippen molar-refractivity contribution in [2.75, 3.05) is 19.6 Å². The first-order valence-electron chi connectivity index (χ1n) is 6.37. The molecule has 0 aromatic rings. The van der Waals surface area contributed by atoms with Crippen LogP contribution in [0.1, 0.15) is 39.5 Å². The van der Waals surface area contributed by atoms with Crippen molar-refractivity contribution in [2.45, 2.75) is 51.7 Å². The van der Waals surface area contributed by atoms with E-state index in [4.69, 9.17) is 0 Å². The lowest BCUT2D eigenvalue weighted by Gasteiger charge is -2.20. The molecule has 1 atom stereocenters. The average Bonchev–Trinajstić information content (AvgIpc) is 3.09. The molecule has 4 heteroatoms. The maximum Gasteiger partial charge on any atom is 0.236 e. The second-order valence-electron chi connectivity index (χ2n) is 4.44. The van der Waals surface area contributed by atoms with Gasteiger partial charge in [0.05, 0.1) is 12.6 Å². The van der Waals surface area contributed by atoms with Crippen molar-refractivity contribution in [3.8, 4) is 0 Å². The molecule has 1 amide bonds. The van der Waals surface area contributed by atoms with Crippen LogP contribution in [0.4, 0.5) is 0 Å². The molecule has 1 aliphatic rings. The van der Waals surface area contributed by atoms with Crippen molar-refractivity contribution in [1.29, 1.82) is 0 Å². The lowest BCUT2D eigenvalue weighted by molar-refractivity contribution is -0.130. The van der Waals surface area contributed by atoms with E-state index in [9.17, 15) is 9.90 Å². The van der Waals surface area contributed by atoms with Gasteiger partial charge < -0.3 is 15.3 Å². The lowest BCUT2D eigenvalue weighted by atomic mass is 10.2. The minimum absolute atomic E-state index is 0.191. The Kier molecular flexibility index (Phi) is 5.77. The smallest absolute Gasteiger partial charge is 0.236 e. The predicted molar refractivity (Wildman–Crippen MR) is 64.2 cm³/mol. The molecule has 0 heterocycles. The van der Waals surface area contributed by atoms with Crippen LogP contribution >= 0.6 is 0 Å². The third-order valence-corrected chi connectivity index (χ3v) is 3.05. The van der Waals surface area contributed by atoms with Crippen molar-refractivity contribution in [2.24, 2.45) is 0 Å². The van der Waals surface area contributed by atoms with Crippen molar-refractivity contribution in [3.05, 3.63) is 0 Å². The van der Waals surface area contributed by atoms with Gasteiger partial charge in [0, 0.05) is 12.6 Å². The van der Waals surface area contributed by atoms with Crippen LogP contribution in [0, 0.1) is 0 Å². The van der Waals surface area contributed by atoms with Crippen LogP contribution in [0.25, 0.3) is 0 Å². The molecule has 0 radical (unpaired) electrons. The summed E-state index contributed by atoms with van der Waals surface area (Å²) >= 11 is 0. The van der Waals surface area contributed by atoms with Gasteiger partial charge in [0.25, 0.3) is 0 Å². The summed E-state index contributed by atoms with van der Waals surface area (Å²) in [6.07, 6.45) is 3.58. The number of carbonyl (C=O) groups is 1. The van der Waals surface area contributed by atoms with Crippen molar-refractivity contribution in [3.63, 3.8) is 0 Å². The number of nitrogens with one attached hydrogen (secondary N) is 1. The molecule has 1 rings (SSSR count). The molecule has 0 spiro atoms. The summed E-state index contributed by atoms with van der Waals surface area (Å²) in [6, 6.07) is 0.500. The number of hydrogen-bond donors (Lipinski definition) is 2. The number of hydrogen-bond acceptors (Lipinski definition) is 3. The van der Waals surface area contributed by atoms with Crippen molar-refractivity contribution >= 4 is 5.91 Å². The Morgan fingerprint density at radius 2 is 2.19 bits per heavy atom. The normalized spacial score (nSPS) is 17.2. The van der Waals surface area contributed by atoms with Crippen molar-refractivity contribution in [1.82, 2.24) is 10.2 Å². The van der Waals surface area contributed by atoms with Crippen LogP contribution < -0.4 is 5.32 Å². The molecule has 0 bridgehead atoms. The van der Waals surface area contributed by atoms with Crippen LogP contribution in [0.3, 0.4) is 0 Å². The SMILES string of the molecule is CCC(O)CCNCC(=O)N(CC)C1CC1. The predicted octanol–water partition coefficient (Wildman–Crippen LogP) is 0.748. The number of likely N-dealkylation sites (N-methyl/N-ethyl adjacent to an activating group) is 1. The van der Waals surface area contributed by atoms with Gasteiger partial charge in [0.1, 0.15) is 0 Å². The second-order valence-corrected chi connectivity index (χ2v) is 4.44. The highest BCUT2D eigenvalue weighted by Crippen LogP contribution is 2.26. The van der Waals surface area contributed by atoms with Crippen molar-refractivity contribution < 1.29 is 9.90 Å². The maximum atomic E-state index is 11.8. The summed E-state index contributed by atoms with van der Waals surface area (Å²) < 4.78 is 0. The average molecular weight is 228 g/mol. The van der Waals surface area contributed by atoms with E-state index < -0.39 is 0 Å². The second kappa shape index (κ2) is 6.86. The van der Waals surface area contributed by atoms with Gasteiger partial charge in [-0.25, -0.2) is 0 Å². The maximum absolute atomic E-state index is 11.8. The quantitative estimate of drug-likeness (QED) is 0.603. The van der Waals surface area contributed by atoms with E-state index in [0.717, 1.165) is 32.2 Å². The molecule has 1 unspecified atom stereocenters. The largest absolute Gasteiger partial charge is 0.393 e. The third-order valence-electron chi connectivity index (χ3n) is 3.05. The molecule has 0 aromatic heterocycles. The first kappa shape index (κ1) is 13.5. The number of carbonyl (C=O) groups excluding carboxylic acids is 1. The fourth-order valence-corrected chi connectivity index (χ4v) is 1.79. The molecule has 4 nitrogen and oxygen atoms in total. The fourth-order valence-electron chi connectivity index (χ4n) is 1.79. The van der Waals surface area contributed by atoms with Gasteiger partial charge in [0.15, 0.2) is 0 Å². The van der Waals surface area contributed by atoms with Gasteiger partial charge in [-0.05, 0) is 39.2 Å². The first-order chi connectivity index (χ1) is 7.69. The first-order valence-corrected chi connectivity index (χ1v) is 6.37. The summed E-state index contributed by atoms with van der Waals surface area (Å²) in [4.78, 5) is 13.7. The van der Waals surface area contributed by atoms with Gasteiger partial charge in [0.2, 0.25) is 5.91 Å². The molecule has 16 heavy (non-hydrogen) atoms. The van der Waals surface area contributed by atoms with E-state index in [2.05, 4.69) is 5.32 Å². The minimum atomic E-state index is -0.242. The van der Waals surface area contributed by atoms with E-state index in [1.54, 1.807) is 0 Å². The molecule has 2 N–H and O–H groups in total. The van der Waals surface area contributed by atoms with E-state index in [-0.39, 0.29) is 12.0 Å². The summed E-state index contributed by atoms with van der Waals surface area (Å²) in [6.45, 7) is 5.91. The summed E-state index contributed by atoms with van der Waals surface area (Å²) in [7, 11) is 0. The molecule has 0 aliphatic heterocycles. The highest BCUT2D eigenvalue weighted by molar-refractivity contribution is 5.78. The molecule has 1 saturated carbocycles. The standard InChI is InChI=1S/C12H24N2O2/c1-3-11(15)7-8-13-9-12(16)14(4-2)10-5-6-10/h10-11,13,15H,3-9H2,1-2H3. The van der Waals surface area contributed by atoms with Crippen LogP contribution in [0.5, 0.6) is 0 Å². The van der Waals surface area contributed by atoms with E-state index in [1.165, 1.54) is 0 Å². The number of aliphatic hydroxyl groups excluding tert-OH is 1. The zero-order valence-electron chi connectivity index (χ0n) is 10.4. The molecular formula is C12H24N2O2. The Labute approximate surface area is 98.0 Å². The minimum Gasteiger partial charge on any atom is -0.393 e. The van der Waals surface area contributed by atoms with Gasteiger partial charge >= 0.3 is 0 Å². The van der Waals surface area contributed by atoms with Crippen LogP contribution in [0.15, 0.2) is 0 Å². The summed E-state index contributed by atoms with van der Waals surface area (Å²) in [5.41, 5.74) is 0. The number of amides is 1. The van der Waals surface area contributed by atoms with Gasteiger partial charge in [-0.2, -0.15) is 0 Å². The van der Waals surface area contributed by atoms with Gasteiger partial charge in [-0.3, -0.25) is 4.79 Å². The lowest BCUT2D eigenvalue weighted by Crippen LogP contribution is -2.40. The molecule has 1 fully saturated rings.